The maximum absolute atomic E-state index is 11.8. The fraction of sp³-hybridized carbons (Fsp3) is 0.500. The van der Waals surface area contributed by atoms with Crippen LogP contribution in [0.3, 0.4) is 0 Å². The lowest BCUT2D eigenvalue weighted by atomic mass is 10.2. The molecule has 1 aromatic carbocycles. The number of nitrogens with one attached hydrogen (secondary N) is 1. The number of nitrogens with zero attached hydrogens (tertiary/aromatic N) is 1. The summed E-state index contributed by atoms with van der Waals surface area (Å²) in [4.78, 5) is 21.9. The topological polar surface area (TPSA) is 90.7 Å². The van der Waals surface area contributed by atoms with Crippen LogP contribution in [0.5, 0.6) is 5.75 Å². The number of hydrogen-bond acceptors (Lipinski definition) is 6. The molecule has 21 heavy (non-hydrogen) atoms. The number of benzene rings is 1. The van der Waals surface area contributed by atoms with Crippen LogP contribution in [0.1, 0.15) is 20.8 Å². The highest BCUT2D eigenvalue weighted by Gasteiger charge is 2.21. The molecule has 1 aromatic rings. The van der Waals surface area contributed by atoms with Gasteiger partial charge >= 0.3 is 5.97 Å². The molecule has 1 atom stereocenters. The lowest BCUT2D eigenvalue weighted by Crippen LogP contribution is -2.45. The van der Waals surface area contributed by atoms with Crippen LogP contribution >= 0.6 is 0 Å². The molecule has 116 valence electrons. The second-order valence-corrected chi connectivity index (χ2v) is 4.69. The summed E-state index contributed by atoms with van der Waals surface area (Å²) < 4.78 is 10.5. The van der Waals surface area contributed by atoms with Crippen LogP contribution in [0, 0.1) is 10.1 Å². The van der Waals surface area contributed by atoms with E-state index in [1.807, 2.05) is 13.8 Å². The van der Waals surface area contributed by atoms with Crippen molar-refractivity contribution in [2.24, 2.45) is 0 Å². The van der Waals surface area contributed by atoms with Crippen molar-refractivity contribution < 1.29 is 19.2 Å². The van der Waals surface area contributed by atoms with Crippen LogP contribution in [-0.2, 0) is 9.53 Å². The maximum Gasteiger partial charge on any atom is 0.326 e. The number of ether oxygens (including phenoxy) is 2. The fourth-order valence-electron chi connectivity index (χ4n) is 1.67. The van der Waals surface area contributed by atoms with Gasteiger partial charge in [-0.3, -0.25) is 20.2 Å². The molecule has 0 saturated carbocycles. The standard InChI is InChI=1S/C14H20N2O5/c1-4-20-14(17)13(15-10(2)3)9-21-12-7-5-11(6-8-12)16(18)19/h5-8,10,13,15H,4,9H2,1-3H3. The fourth-order valence-corrected chi connectivity index (χ4v) is 1.67. The van der Waals surface area contributed by atoms with Gasteiger partial charge in [-0.15, -0.1) is 0 Å². The third-order valence-electron chi connectivity index (χ3n) is 2.57. The predicted molar refractivity (Wildman–Crippen MR) is 77.3 cm³/mol. The zero-order chi connectivity index (χ0) is 15.8. The van der Waals surface area contributed by atoms with E-state index in [-0.39, 0.29) is 24.3 Å². The quantitative estimate of drug-likeness (QED) is 0.447. The predicted octanol–water partition coefficient (Wildman–Crippen LogP) is 1.90. The highest BCUT2D eigenvalue weighted by Crippen LogP contribution is 2.17. The number of esters is 1. The lowest BCUT2D eigenvalue weighted by molar-refractivity contribution is -0.384. The van der Waals surface area contributed by atoms with Crippen molar-refractivity contribution in [1.29, 1.82) is 0 Å². The molecule has 0 aliphatic rings. The van der Waals surface area contributed by atoms with Gasteiger partial charge in [-0.05, 0) is 19.1 Å². The second-order valence-electron chi connectivity index (χ2n) is 4.69. The number of nitro benzene ring substituents is 1. The van der Waals surface area contributed by atoms with Crippen molar-refractivity contribution in [3.05, 3.63) is 34.4 Å². The molecule has 0 fully saturated rings. The summed E-state index contributed by atoms with van der Waals surface area (Å²) in [6.07, 6.45) is 0. The Labute approximate surface area is 123 Å². The number of carbonyl (C=O) groups excluding carboxylic acids is 1. The molecule has 7 heteroatoms. The van der Waals surface area contributed by atoms with Crippen LogP contribution in [0.2, 0.25) is 0 Å². The van der Waals surface area contributed by atoms with Crippen LogP contribution in [-0.4, -0.2) is 36.2 Å². The summed E-state index contributed by atoms with van der Waals surface area (Å²) in [6, 6.07) is 5.21. The van der Waals surface area contributed by atoms with E-state index in [4.69, 9.17) is 9.47 Å². The third kappa shape index (κ3) is 5.78. The van der Waals surface area contributed by atoms with Crippen molar-refractivity contribution in [1.82, 2.24) is 5.32 Å². The van der Waals surface area contributed by atoms with E-state index in [9.17, 15) is 14.9 Å². The van der Waals surface area contributed by atoms with Crippen molar-refractivity contribution >= 4 is 11.7 Å². The molecule has 0 saturated heterocycles. The summed E-state index contributed by atoms with van der Waals surface area (Å²) >= 11 is 0. The first-order chi connectivity index (χ1) is 9.93. The van der Waals surface area contributed by atoms with E-state index in [1.54, 1.807) is 6.92 Å². The number of carbonyl (C=O) groups is 1. The maximum atomic E-state index is 11.8. The first-order valence-corrected chi connectivity index (χ1v) is 6.74. The van der Waals surface area contributed by atoms with Crippen molar-refractivity contribution in [3.8, 4) is 5.75 Å². The minimum absolute atomic E-state index is 0.00963. The van der Waals surface area contributed by atoms with Gasteiger partial charge in [0.1, 0.15) is 18.4 Å². The Balaban J connectivity index is 2.62. The third-order valence-corrected chi connectivity index (χ3v) is 2.57. The smallest absolute Gasteiger partial charge is 0.326 e. The molecule has 0 bridgehead atoms. The first kappa shape index (κ1) is 16.9. The van der Waals surface area contributed by atoms with Crippen molar-refractivity contribution in [3.63, 3.8) is 0 Å². The minimum atomic E-state index is -0.583. The van der Waals surface area contributed by atoms with Gasteiger partial charge in [0.2, 0.25) is 0 Å². The summed E-state index contributed by atoms with van der Waals surface area (Å²) in [5.41, 5.74) is -0.00963. The highest BCUT2D eigenvalue weighted by molar-refractivity contribution is 5.76. The van der Waals surface area contributed by atoms with E-state index in [0.717, 1.165) is 0 Å². The van der Waals surface area contributed by atoms with Gasteiger partial charge in [0, 0.05) is 18.2 Å². The molecule has 0 heterocycles. The highest BCUT2D eigenvalue weighted by atomic mass is 16.6. The zero-order valence-electron chi connectivity index (χ0n) is 12.4. The molecule has 0 spiro atoms. The Bertz CT molecular complexity index is 473. The Kier molecular flexibility index (Phi) is 6.61. The van der Waals surface area contributed by atoms with Gasteiger partial charge < -0.3 is 9.47 Å². The summed E-state index contributed by atoms with van der Waals surface area (Å²) in [6.45, 7) is 5.96. The number of nitro groups is 1. The largest absolute Gasteiger partial charge is 0.491 e. The van der Waals surface area contributed by atoms with E-state index in [1.165, 1.54) is 24.3 Å². The van der Waals surface area contributed by atoms with Crippen LogP contribution in [0.4, 0.5) is 5.69 Å². The van der Waals surface area contributed by atoms with Crippen molar-refractivity contribution in [2.45, 2.75) is 32.9 Å². The van der Waals surface area contributed by atoms with Crippen LogP contribution in [0.15, 0.2) is 24.3 Å². The van der Waals surface area contributed by atoms with E-state index < -0.39 is 11.0 Å². The summed E-state index contributed by atoms with van der Waals surface area (Å²) in [5, 5.41) is 13.6. The number of non-ortho nitro benzene ring substituents is 1. The minimum Gasteiger partial charge on any atom is -0.491 e. The Morgan fingerprint density at radius 1 is 1.33 bits per heavy atom. The van der Waals surface area contributed by atoms with Crippen molar-refractivity contribution in [2.75, 3.05) is 13.2 Å². The Hall–Kier alpha value is -2.15. The molecule has 1 N–H and O–H groups in total. The lowest BCUT2D eigenvalue weighted by Gasteiger charge is -2.20. The number of rotatable bonds is 8. The van der Waals surface area contributed by atoms with E-state index >= 15 is 0 Å². The monoisotopic (exact) mass is 296 g/mol. The van der Waals surface area contributed by atoms with Crippen LogP contribution < -0.4 is 10.1 Å². The van der Waals surface area contributed by atoms with E-state index in [0.29, 0.717) is 12.4 Å². The normalized spacial score (nSPS) is 12.0. The Morgan fingerprint density at radius 3 is 2.43 bits per heavy atom. The number of hydrogen-bond donors (Lipinski definition) is 1. The zero-order valence-corrected chi connectivity index (χ0v) is 12.4. The molecular weight excluding hydrogens is 276 g/mol. The molecule has 0 amide bonds. The summed E-state index contributed by atoms with van der Waals surface area (Å²) in [5.74, 6) is 0.0774. The molecule has 0 aromatic heterocycles. The average Bonchev–Trinajstić information content (AvgIpc) is 2.43. The van der Waals surface area contributed by atoms with Gasteiger partial charge in [-0.1, -0.05) is 13.8 Å². The molecule has 0 radical (unpaired) electrons. The van der Waals surface area contributed by atoms with Gasteiger partial charge in [0.15, 0.2) is 0 Å². The molecule has 0 aliphatic carbocycles. The second kappa shape index (κ2) is 8.21. The van der Waals surface area contributed by atoms with Gasteiger partial charge in [0.25, 0.3) is 5.69 Å². The van der Waals surface area contributed by atoms with Gasteiger partial charge in [-0.25, -0.2) is 0 Å². The van der Waals surface area contributed by atoms with Crippen LogP contribution in [0.25, 0.3) is 0 Å². The molecular formula is C14H20N2O5. The summed E-state index contributed by atoms with van der Waals surface area (Å²) in [7, 11) is 0. The molecule has 7 nitrogen and oxygen atoms in total. The molecule has 1 rings (SSSR count). The Morgan fingerprint density at radius 2 is 1.95 bits per heavy atom. The molecule has 1 unspecified atom stereocenters. The first-order valence-electron chi connectivity index (χ1n) is 6.74. The van der Waals surface area contributed by atoms with E-state index in [2.05, 4.69) is 5.32 Å². The average molecular weight is 296 g/mol. The van der Waals surface area contributed by atoms with Gasteiger partial charge in [-0.2, -0.15) is 0 Å². The molecule has 0 aliphatic heterocycles. The SMILES string of the molecule is CCOC(=O)C(COc1ccc([N+](=O)[O-])cc1)NC(C)C. The van der Waals surface area contributed by atoms with Gasteiger partial charge in [0.05, 0.1) is 11.5 Å².